The van der Waals surface area contributed by atoms with E-state index in [9.17, 15) is 13.2 Å². The Labute approximate surface area is 150 Å². The van der Waals surface area contributed by atoms with Crippen molar-refractivity contribution >= 4 is 10.8 Å². The zero-order valence-corrected chi connectivity index (χ0v) is 14.7. The summed E-state index contributed by atoms with van der Waals surface area (Å²) in [6, 6.07) is 11.4. The highest BCUT2D eigenvalue weighted by atomic mass is 19.2. The smallest absolute Gasteiger partial charge is 0.170 e. The topological polar surface area (TPSA) is 9.23 Å². The maximum atomic E-state index is 14.7. The fourth-order valence-electron chi connectivity index (χ4n) is 3.00. The van der Waals surface area contributed by atoms with Crippen LogP contribution in [-0.2, 0) is 6.42 Å². The molecular weight excluding hydrogens is 337 g/mol. The minimum Gasteiger partial charge on any atom is -0.497 e. The largest absolute Gasteiger partial charge is 0.497 e. The monoisotopic (exact) mass is 356 g/mol. The quantitative estimate of drug-likeness (QED) is 0.478. The summed E-state index contributed by atoms with van der Waals surface area (Å²) in [7, 11) is 1.53. The van der Waals surface area contributed by atoms with E-state index in [1.807, 2.05) is 19.1 Å². The lowest BCUT2D eigenvalue weighted by Gasteiger charge is -2.11. The normalized spacial score (nSPS) is 11.4. The molecule has 0 unspecified atom stereocenters. The first-order valence-electron chi connectivity index (χ1n) is 8.41. The van der Waals surface area contributed by atoms with Crippen molar-refractivity contribution < 1.29 is 17.9 Å². The molecule has 0 bridgehead atoms. The first-order valence-corrected chi connectivity index (χ1v) is 8.41. The van der Waals surface area contributed by atoms with Crippen molar-refractivity contribution in [3.63, 3.8) is 0 Å². The van der Waals surface area contributed by atoms with Gasteiger partial charge in [-0.25, -0.2) is 13.2 Å². The lowest BCUT2D eigenvalue weighted by atomic mass is 9.97. The fraction of sp³-hybridized carbons (Fsp3) is 0.182. The molecule has 0 aromatic heterocycles. The average molecular weight is 356 g/mol. The van der Waals surface area contributed by atoms with Gasteiger partial charge in [0.05, 0.1) is 12.5 Å². The summed E-state index contributed by atoms with van der Waals surface area (Å²) in [5, 5.41) is 0.0414. The molecule has 0 amide bonds. The van der Waals surface area contributed by atoms with Gasteiger partial charge in [-0.15, -0.1) is 0 Å². The molecule has 1 nitrogen and oxygen atoms in total. The highest BCUT2D eigenvalue weighted by molar-refractivity contribution is 5.89. The van der Waals surface area contributed by atoms with Crippen LogP contribution in [0.15, 0.2) is 54.6 Å². The number of aryl methyl sites for hydroxylation is 1. The molecule has 0 atom stereocenters. The zero-order chi connectivity index (χ0) is 18.7. The van der Waals surface area contributed by atoms with Crippen LogP contribution in [0.4, 0.5) is 13.2 Å². The van der Waals surface area contributed by atoms with E-state index in [2.05, 4.69) is 0 Å². The number of allylic oxidation sites excluding steroid dienone is 2. The number of halogens is 3. The molecule has 134 valence electrons. The van der Waals surface area contributed by atoms with Crippen molar-refractivity contribution in [1.29, 1.82) is 0 Å². The molecule has 3 rings (SSSR count). The predicted octanol–water partition coefficient (Wildman–Crippen LogP) is 6.44. The summed E-state index contributed by atoms with van der Waals surface area (Å²) in [6.45, 7) is 1.88. The maximum absolute atomic E-state index is 14.7. The predicted molar refractivity (Wildman–Crippen MR) is 98.9 cm³/mol. The highest BCUT2D eigenvalue weighted by Gasteiger charge is 2.19. The van der Waals surface area contributed by atoms with Gasteiger partial charge in [0.1, 0.15) is 11.6 Å². The van der Waals surface area contributed by atoms with Gasteiger partial charge in [-0.05, 0) is 54.5 Å². The van der Waals surface area contributed by atoms with E-state index < -0.39 is 17.5 Å². The molecular formula is C22H19F3O. The molecule has 0 spiro atoms. The van der Waals surface area contributed by atoms with Crippen molar-refractivity contribution in [1.82, 2.24) is 0 Å². The van der Waals surface area contributed by atoms with Crippen LogP contribution in [-0.4, -0.2) is 7.11 Å². The maximum Gasteiger partial charge on any atom is 0.170 e. The number of methoxy groups -OCH3 is 1. The van der Waals surface area contributed by atoms with Gasteiger partial charge in [0.25, 0.3) is 0 Å². The number of hydrogen-bond donors (Lipinski definition) is 0. The highest BCUT2D eigenvalue weighted by Crippen LogP contribution is 2.34. The third kappa shape index (κ3) is 3.32. The van der Waals surface area contributed by atoms with Gasteiger partial charge in [-0.2, -0.15) is 0 Å². The van der Waals surface area contributed by atoms with Gasteiger partial charge in [-0.3, -0.25) is 0 Å². The summed E-state index contributed by atoms with van der Waals surface area (Å²) >= 11 is 0. The van der Waals surface area contributed by atoms with Crippen LogP contribution in [0.25, 0.3) is 21.9 Å². The Hall–Kier alpha value is -2.75. The van der Waals surface area contributed by atoms with Crippen molar-refractivity contribution in [3.05, 3.63) is 77.6 Å². The van der Waals surface area contributed by atoms with Gasteiger partial charge >= 0.3 is 0 Å². The van der Waals surface area contributed by atoms with Crippen molar-refractivity contribution in [2.75, 3.05) is 7.11 Å². The van der Waals surface area contributed by atoms with Crippen LogP contribution in [0, 0.1) is 17.5 Å². The molecule has 0 N–H and O–H groups in total. The first kappa shape index (κ1) is 18.1. The van der Waals surface area contributed by atoms with Crippen molar-refractivity contribution in [2.45, 2.75) is 19.8 Å². The molecule has 0 fully saturated rings. The summed E-state index contributed by atoms with van der Waals surface area (Å²) in [4.78, 5) is 0. The molecule has 0 aliphatic rings. The van der Waals surface area contributed by atoms with E-state index >= 15 is 0 Å². The van der Waals surface area contributed by atoms with E-state index in [0.717, 1.165) is 0 Å². The second kappa shape index (κ2) is 7.65. The average Bonchev–Trinajstić information content (AvgIpc) is 2.66. The fourth-order valence-corrected chi connectivity index (χ4v) is 3.00. The Kier molecular flexibility index (Phi) is 5.31. The number of hydrogen-bond acceptors (Lipinski definition) is 1. The van der Waals surface area contributed by atoms with Gasteiger partial charge < -0.3 is 4.74 Å². The Morgan fingerprint density at radius 2 is 1.65 bits per heavy atom. The minimum absolute atomic E-state index is 0.0960. The van der Waals surface area contributed by atoms with E-state index in [-0.39, 0.29) is 10.9 Å². The summed E-state index contributed by atoms with van der Waals surface area (Å²) in [5.74, 6) is -2.28. The summed E-state index contributed by atoms with van der Waals surface area (Å²) in [6.07, 6.45) is 4.87. The molecule has 0 heterocycles. The van der Waals surface area contributed by atoms with Gasteiger partial charge in [0, 0.05) is 5.56 Å². The van der Waals surface area contributed by atoms with Crippen molar-refractivity contribution in [2.24, 2.45) is 0 Å². The summed E-state index contributed by atoms with van der Waals surface area (Å²) in [5.41, 5.74) is 0.978. The second-order valence-electron chi connectivity index (χ2n) is 6.03. The second-order valence-corrected chi connectivity index (χ2v) is 6.03. The number of rotatable bonds is 5. The number of ether oxygens (including phenoxy) is 1. The van der Waals surface area contributed by atoms with Crippen LogP contribution in [0.5, 0.6) is 5.75 Å². The van der Waals surface area contributed by atoms with Crippen LogP contribution < -0.4 is 4.74 Å². The van der Waals surface area contributed by atoms with Gasteiger partial charge in [0.2, 0.25) is 0 Å². The van der Waals surface area contributed by atoms with E-state index in [0.29, 0.717) is 35.1 Å². The molecule has 26 heavy (non-hydrogen) atoms. The van der Waals surface area contributed by atoms with Crippen LogP contribution in [0.2, 0.25) is 0 Å². The van der Waals surface area contributed by atoms with E-state index in [1.54, 1.807) is 36.4 Å². The van der Waals surface area contributed by atoms with Gasteiger partial charge in [-0.1, -0.05) is 36.4 Å². The van der Waals surface area contributed by atoms with Crippen LogP contribution in [0.3, 0.4) is 0 Å². The molecule has 0 aliphatic carbocycles. The van der Waals surface area contributed by atoms with Gasteiger partial charge in [0.15, 0.2) is 11.6 Å². The molecule has 0 saturated carbocycles. The van der Waals surface area contributed by atoms with Crippen LogP contribution in [0.1, 0.15) is 18.9 Å². The Morgan fingerprint density at radius 1 is 0.923 bits per heavy atom. The third-order valence-corrected chi connectivity index (χ3v) is 4.42. The molecule has 0 radical (unpaired) electrons. The standard InChI is InChI=1S/C22H19F3O/c1-3-4-5-6-15-7-8-16-13-18(14-9-11-17(26-2)12-10-14)21(24)22(25)19(16)20(15)23/h3-4,7-13H,5-6H2,1-2H3/b4-3+. The molecule has 4 heteroatoms. The van der Waals surface area contributed by atoms with Crippen LogP contribution >= 0.6 is 0 Å². The lowest BCUT2D eigenvalue weighted by molar-refractivity contribution is 0.415. The van der Waals surface area contributed by atoms with E-state index in [1.165, 1.54) is 13.2 Å². The molecule has 0 saturated heterocycles. The molecule has 0 aliphatic heterocycles. The number of fused-ring (bicyclic) bond motifs is 1. The molecule has 3 aromatic rings. The first-order chi connectivity index (χ1) is 12.6. The Balaban J connectivity index is 2.11. The SMILES string of the molecule is C/C=C/CCc1ccc2cc(-c3ccc(OC)cc3)c(F)c(F)c2c1F. The summed E-state index contributed by atoms with van der Waals surface area (Å²) < 4.78 is 49.1. The lowest BCUT2D eigenvalue weighted by Crippen LogP contribution is -1.98. The third-order valence-electron chi connectivity index (χ3n) is 4.42. The Bertz CT molecular complexity index is 960. The van der Waals surface area contributed by atoms with E-state index in [4.69, 9.17) is 4.74 Å². The molecule has 3 aromatic carbocycles. The minimum atomic E-state index is -1.15. The zero-order valence-electron chi connectivity index (χ0n) is 14.7. The number of benzene rings is 3. The Morgan fingerprint density at radius 3 is 2.31 bits per heavy atom. The van der Waals surface area contributed by atoms with Crippen molar-refractivity contribution in [3.8, 4) is 16.9 Å².